The fourth-order valence-corrected chi connectivity index (χ4v) is 3.01. The van der Waals surface area contributed by atoms with Crippen molar-refractivity contribution in [1.29, 1.82) is 0 Å². The minimum absolute atomic E-state index is 0.216. The van der Waals surface area contributed by atoms with E-state index < -0.39 is 17.9 Å². The molecule has 3 amide bonds. The van der Waals surface area contributed by atoms with Crippen molar-refractivity contribution in [3.8, 4) is 0 Å². The topological polar surface area (TPSA) is 99.2 Å². The Balaban J connectivity index is 1.93. The van der Waals surface area contributed by atoms with Crippen molar-refractivity contribution in [2.75, 3.05) is 26.2 Å². The lowest BCUT2D eigenvalue weighted by molar-refractivity contribution is -0.139. The van der Waals surface area contributed by atoms with Crippen molar-refractivity contribution in [3.05, 3.63) is 0 Å². The highest BCUT2D eigenvalue weighted by atomic mass is 16.6. The molecule has 0 aromatic carbocycles. The largest absolute Gasteiger partial charge is 0.444 e. The zero-order valence-corrected chi connectivity index (χ0v) is 12.6. The Hall–Kier alpha value is -1.83. The maximum Gasteiger partial charge on any atom is 0.410 e. The van der Waals surface area contributed by atoms with Crippen LogP contribution in [-0.2, 0) is 14.3 Å². The fraction of sp³-hybridized carbons (Fsp3) is 0.786. The van der Waals surface area contributed by atoms with Crippen LogP contribution in [0.15, 0.2) is 0 Å². The molecule has 2 N–H and O–H groups in total. The number of nitrogens with zero attached hydrogens (tertiary/aromatic N) is 2. The lowest BCUT2D eigenvalue weighted by Crippen LogP contribution is -2.49. The van der Waals surface area contributed by atoms with E-state index >= 15 is 0 Å². The first kappa shape index (κ1) is 16.5. The average Bonchev–Trinajstić information content (AvgIpc) is 2.83. The predicted octanol–water partition coefficient (Wildman–Crippen LogP) is 0.351. The summed E-state index contributed by atoms with van der Waals surface area (Å²) in [5.41, 5.74) is 1.59. The molecule has 2 heterocycles. The van der Waals surface area contributed by atoms with Crippen molar-refractivity contribution in [2.24, 2.45) is 5.92 Å². The van der Waals surface area contributed by atoms with Gasteiger partial charge >= 0.3 is 6.09 Å². The summed E-state index contributed by atoms with van der Waals surface area (Å²) in [6.07, 6.45) is 4.18. The van der Waals surface area contributed by atoms with Crippen LogP contribution in [0.25, 0.3) is 0 Å². The van der Waals surface area contributed by atoms with E-state index in [0.717, 1.165) is 25.7 Å². The molecular formula is C14H23N3O5. The number of nitrogens with one attached hydrogen (secondary N) is 1. The van der Waals surface area contributed by atoms with Crippen LogP contribution in [0.3, 0.4) is 0 Å². The summed E-state index contributed by atoms with van der Waals surface area (Å²) in [5.74, 6) is -1.15. The number of hydrogen-bond acceptors (Lipinski definition) is 5. The third kappa shape index (κ3) is 4.33. The maximum absolute atomic E-state index is 12.2. The Morgan fingerprint density at radius 2 is 1.82 bits per heavy atom. The summed E-state index contributed by atoms with van der Waals surface area (Å²) in [6.45, 7) is 1.86. The van der Waals surface area contributed by atoms with Gasteiger partial charge in [-0.15, -0.1) is 0 Å². The molecule has 0 aliphatic carbocycles. The van der Waals surface area contributed by atoms with Gasteiger partial charge < -0.3 is 14.5 Å². The number of hydroxylamine groups is 1. The molecule has 124 valence electrons. The van der Waals surface area contributed by atoms with Crippen molar-refractivity contribution in [1.82, 2.24) is 15.3 Å². The Morgan fingerprint density at radius 1 is 1.14 bits per heavy atom. The van der Waals surface area contributed by atoms with Gasteiger partial charge in [-0.2, -0.15) is 0 Å². The Morgan fingerprint density at radius 3 is 2.41 bits per heavy atom. The first-order valence-corrected chi connectivity index (χ1v) is 7.73. The molecule has 2 unspecified atom stereocenters. The molecule has 0 bridgehead atoms. The second-order valence-electron chi connectivity index (χ2n) is 5.88. The molecule has 0 saturated carbocycles. The lowest BCUT2D eigenvalue weighted by Gasteiger charge is -2.35. The zero-order valence-electron chi connectivity index (χ0n) is 12.6. The van der Waals surface area contributed by atoms with E-state index in [9.17, 15) is 14.4 Å². The first-order valence-electron chi connectivity index (χ1n) is 7.73. The second kappa shape index (κ2) is 7.98. The number of carbonyl (C=O) groups is 3. The first-order chi connectivity index (χ1) is 10.6. The van der Waals surface area contributed by atoms with Crippen molar-refractivity contribution in [3.63, 3.8) is 0 Å². The molecule has 2 aliphatic heterocycles. The molecule has 2 rings (SSSR count). The van der Waals surface area contributed by atoms with E-state index in [1.807, 2.05) is 0 Å². The number of carbonyl (C=O) groups excluding carboxylic acids is 3. The summed E-state index contributed by atoms with van der Waals surface area (Å²) < 4.78 is 5.47. The molecule has 0 radical (unpaired) electrons. The van der Waals surface area contributed by atoms with Crippen LogP contribution in [-0.4, -0.2) is 65.7 Å². The molecule has 0 aromatic heterocycles. The standard InChI is InChI=1S/C14H23N3O5/c18-10-16-8-11(13(19)15-21)7-12(9-16)22-14(20)17-5-3-1-2-4-6-17/h10-12,21H,1-9H2,(H,15,19). The highest BCUT2D eigenvalue weighted by Crippen LogP contribution is 2.20. The van der Waals surface area contributed by atoms with E-state index in [1.165, 1.54) is 4.90 Å². The fourth-order valence-electron chi connectivity index (χ4n) is 3.01. The SMILES string of the molecule is O=CN1CC(OC(=O)N2CCCCCC2)CC(C(=O)NO)C1. The van der Waals surface area contributed by atoms with Gasteiger partial charge in [0.25, 0.3) is 0 Å². The van der Waals surface area contributed by atoms with Gasteiger partial charge in [0.15, 0.2) is 0 Å². The minimum Gasteiger partial charge on any atom is -0.444 e. The second-order valence-corrected chi connectivity index (χ2v) is 5.88. The van der Waals surface area contributed by atoms with Crippen LogP contribution in [0.1, 0.15) is 32.1 Å². The van der Waals surface area contributed by atoms with Crippen LogP contribution < -0.4 is 5.48 Å². The van der Waals surface area contributed by atoms with Crippen LogP contribution in [0, 0.1) is 5.92 Å². The van der Waals surface area contributed by atoms with Gasteiger partial charge in [-0.05, 0) is 19.3 Å². The smallest absolute Gasteiger partial charge is 0.410 e. The van der Waals surface area contributed by atoms with Gasteiger partial charge in [-0.1, -0.05) is 12.8 Å². The molecule has 2 saturated heterocycles. The van der Waals surface area contributed by atoms with Gasteiger partial charge in [-0.25, -0.2) is 10.3 Å². The molecule has 2 aliphatic rings. The van der Waals surface area contributed by atoms with Crippen LogP contribution in [0.4, 0.5) is 4.79 Å². The Labute approximate surface area is 129 Å². The number of hydrogen-bond donors (Lipinski definition) is 2. The number of likely N-dealkylation sites (tertiary alicyclic amines) is 2. The molecule has 8 nitrogen and oxygen atoms in total. The van der Waals surface area contributed by atoms with Gasteiger partial charge in [-0.3, -0.25) is 14.8 Å². The van der Waals surface area contributed by atoms with Crippen LogP contribution in [0.2, 0.25) is 0 Å². The van der Waals surface area contributed by atoms with Crippen LogP contribution in [0.5, 0.6) is 0 Å². The van der Waals surface area contributed by atoms with Crippen molar-refractivity contribution < 1.29 is 24.3 Å². The van der Waals surface area contributed by atoms with Crippen molar-refractivity contribution in [2.45, 2.75) is 38.2 Å². The van der Waals surface area contributed by atoms with Crippen LogP contribution >= 0.6 is 0 Å². The molecule has 22 heavy (non-hydrogen) atoms. The summed E-state index contributed by atoms with van der Waals surface area (Å²) >= 11 is 0. The third-order valence-electron chi connectivity index (χ3n) is 4.20. The predicted molar refractivity (Wildman–Crippen MR) is 76.0 cm³/mol. The van der Waals surface area contributed by atoms with Crippen molar-refractivity contribution >= 4 is 18.4 Å². The number of ether oxygens (including phenoxy) is 1. The zero-order chi connectivity index (χ0) is 15.9. The van der Waals surface area contributed by atoms with E-state index in [1.54, 1.807) is 10.4 Å². The van der Waals surface area contributed by atoms with Gasteiger partial charge in [0, 0.05) is 19.6 Å². The summed E-state index contributed by atoms with van der Waals surface area (Å²) in [6, 6.07) is 0. The summed E-state index contributed by atoms with van der Waals surface area (Å²) in [4.78, 5) is 37.8. The van der Waals surface area contributed by atoms with E-state index in [-0.39, 0.29) is 19.2 Å². The molecule has 0 aromatic rings. The van der Waals surface area contributed by atoms with Gasteiger partial charge in [0.2, 0.25) is 12.3 Å². The Kier molecular flexibility index (Phi) is 6.00. The molecular weight excluding hydrogens is 290 g/mol. The maximum atomic E-state index is 12.2. The summed E-state index contributed by atoms with van der Waals surface area (Å²) in [5, 5.41) is 8.73. The minimum atomic E-state index is -0.578. The molecule has 2 atom stereocenters. The van der Waals surface area contributed by atoms with Gasteiger partial charge in [0.05, 0.1) is 12.5 Å². The average molecular weight is 313 g/mol. The normalized spacial score (nSPS) is 26.0. The molecule has 0 spiro atoms. The highest BCUT2D eigenvalue weighted by Gasteiger charge is 2.34. The number of rotatable bonds is 3. The molecule has 2 fully saturated rings. The third-order valence-corrected chi connectivity index (χ3v) is 4.20. The highest BCUT2D eigenvalue weighted by molar-refractivity contribution is 5.78. The van der Waals surface area contributed by atoms with E-state index in [0.29, 0.717) is 25.9 Å². The van der Waals surface area contributed by atoms with E-state index in [2.05, 4.69) is 0 Å². The number of amides is 3. The summed E-state index contributed by atoms with van der Waals surface area (Å²) in [7, 11) is 0. The Bertz CT molecular complexity index is 409. The van der Waals surface area contributed by atoms with E-state index in [4.69, 9.17) is 9.94 Å². The van der Waals surface area contributed by atoms with Gasteiger partial charge in [0.1, 0.15) is 6.10 Å². The number of piperidine rings is 1. The quantitative estimate of drug-likeness (QED) is 0.445. The molecule has 8 heteroatoms. The monoisotopic (exact) mass is 313 g/mol. The lowest BCUT2D eigenvalue weighted by atomic mass is 9.95.